The van der Waals surface area contributed by atoms with Gasteiger partial charge in [0.1, 0.15) is 0 Å². The lowest BCUT2D eigenvalue weighted by molar-refractivity contribution is -0.123. The van der Waals surface area contributed by atoms with Crippen molar-refractivity contribution in [3.63, 3.8) is 0 Å². The average molecular weight is 403 g/mol. The Kier molecular flexibility index (Phi) is 6.80. The van der Waals surface area contributed by atoms with E-state index in [1.54, 1.807) is 64.1 Å². The first-order valence-corrected chi connectivity index (χ1v) is 9.09. The lowest BCUT2D eigenvalue weighted by Gasteiger charge is -2.17. The highest BCUT2D eigenvalue weighted by molar-refractivity contribution is 6.31. The Morgan fingerprint density at radius 2 is 1.71 bits per heavy atom. The molecule has 0 aliphatic heterocycles. The van der Waals surface area contributed by atoms with E-state index in [-0.39, 0.29) is 11.5 Å². The summed E-state index contributed by atoms with van der Waals surface area (Å²) in [6.07, 6.45) is 0. The van der Waals surface area contributed by atoms with Crippen molar-refractivity contribution in [1.82, 2.24) is 0 Å². The molecule has 0 bridgehead atoms. The number of nitrogens with one attached hydrogen (secondary N) is 2. The fourth-order valence-corrected chi connectivity index (χ4v) is 2.36. The number of carbonyl (C=O) groups excluding carboxylic acids is 3. The number of benzene rings is 2. The van der Waals surface area contributed by atoms with E-state index >= 15 is 0 Å². The first-order chi connectivity index (χ1) is 13.1. The molecule has 0 radical (unpaired) electrons. The predicted molar refractivity (Wildman–Crippen MR) is 110 cm³/mol. The summed E-state index contributed by atoms with van der Waals surface area (Å²) >= 11 is 6.02. The maximum absolute atomic E-state index is 12.2. The van der Waals surface area contributed by atoms with E-state index in [0.29, 0.717) is 16.4 Å². The van der Waals surface area contributed by atoms with Gasteiger partial charge in [0.05, 0.1) is 5.56 Å². The second-order valence-electron chi connectivity index (χ2n) is 7.32. The van der Waals surface area contributed by atoms with E-state index in [9.17, 15) is 14.4 Å². The fourth-order valence-electron chi connectivity index (χ4n) is 2.19. The third kappa shape index (κ3) is 5.82. The van der Waals surface area contributed by atoms with Crippen molar-refractivity contribution in [3.8, 4) is 0 Å². The van der Waals surface area contributed by atoms with Crippen LogP contribution in [0.3, 0.4) is 0 Å². The van der Waals surface area contributed by atoms with E-state index in [1.807, 2.05) is 0 Å². The van der Waals surface area contributed by atoms with Gasteiger partial charge in [-0.15, -0.1) is 0 Å². The van der Waals surface area contributed by atoms with Crippen LogP contribution in [0.4, 0.5) is 11.4 Å². The van der Waals surface area contributed by atoms with Gasteiger partial charge in [-0.25, -0.2) is 4.79 Å². The van der Waals surface area contributed by atoms with Crippen molar-refractivity contribution < 1.29 is 19.1 Å². The maximum Gasteiger partial charge on any atom is 0.338 e. The SMILES string of the molecule is Cc1c(Cl)cccc1NC(=O)COC(=O)c1cccc(NC(=O)C(C)(C)C)c1. The quantitative estimate of drug-likeness (QED) is 0.724. The molecule has 2 rings (SSSR count). The minimum Gasteiger partial charge on any atom is -0.452 e. The van der Waals surface area contributed by atoms with Crippen LogP contribution in [0.2, 0.25) is 5.02 Å². The molecule has 2 N–H and O–H groups in total. The van der Waals surface area contributed by atoms with E-state index < -0.39 is 23.9 Å². The van der Waals surface area contributed by atoms with E-state index in [4.69, 9.17) is 16.3 Å². The number of ether oxygens (including phenoxy) is 1. The van der Waals surface area contributed by atoms with E-state index in [0.717, 1.165) is 5.56 Å². The second-order valence-corrected chi connectivity index (χ2v) is 7.73. The van der Waals surface area contributed by atoms with Gasteiger partial charge in [0, 0.05) is 21.8 Å². The highest BCUT2D eigenvalue weighted by atomic mass is 35.5. The van der Waals surface area contributed by atoms with Crippen molar-refractivity contribution in [2.45, 2.75) is 27.7 Å². The molecule has 0 heterocycles. The molecular weight excluding hydrogens is 380 g/mol. The third-order valence-corrected chi connectivity index (χ3v) is 4.32. The Morgan fingerprint density at radius 3 is 2.39 bits per heavy atom. The van der Waals surface area contributed by atoms with Gasteiger partial charge in [0.2, 0.25) is 5.91 Å². The van der Waals surface area contributed by atoms with Gasteiger partial charge >= 0.3 is 5.97 Å². The number of esters is 1. The van der Waals surface area contributed by atoms with Gasteiger partial charge in [0.15, 0.2) is 6.61 Å². The molecule has 0 saturated carbocycles. The summed E-state index contributed by atoms with van der Waals surface area (Å²) in [6, 6.07) is 11.5. The Labute approximate surface area is 169 Å². The molecule has 0 aromatic heterocycles. The predicted octanol–water partition coefficient (Wildman–Crippen LogP) is 4.43. The van der Waals surface area contributed by atoms with Crippen LogP contribution in [0.25, 0.3) is 0 Å². The second kappa shape index (κ2) is 8.89. The molecule has 0 aliphatic carbocycles. The van der Waals surface area contributed by atoms with Crippen LogP contribution in [0, 0.1) is 12.3 Å². The van der Waals surface area contributed by atoms with Gasteiger partial charge in [0.25, 0.3) is 5.91 Å². The summed E-state index contributed by atoms with van der Waals surface area (Å²) in [5, 5.41) is 5.93. The molecule has 2 amide bonds. The molecule has 7 heteroatoms. The number of halogens is 1. The molecule has 0 atom stereocenters. The summed E-state index contributed by atoms with van der Waals surface area (Å²) < 4.78 is 5.06. The first-order valence-electron chi connectivity index (χ1n) is 8.71. The zero-order chi connectivity index (χ0) is 20.9. The van der Waals surface area contributed by atoms with Crippen LogP contribution in [-0.4, -0.2) is 24.4 Å². The zero-order valence-corrected chi connectivity index (χ0v) is 17.0. The van der Waals surface area contributed by atoms with Crippen molar-refractivity contribution in [3.05, 3.63) is 58.6 Å². The van der Waals surface area contributed by atoms with Crippen LogP contribution in [0.15, 0.2) is 42.5 Å². The number of rotatable bonds is 5. The van der Waals surface area contributed by atoms with Crippen molar-refractivity contribution in [2.24, 2.45) is 5.41 Å². The Morgan fingerprint density at radius 1 is 1.04 bits per heavy atom. The lowest BCUT2D eigenvalue weighted by atomic mass is 9.95. The van der Waals surface area contributed by atoms with Crippen LogP contribution in [-0.2, 0) is 14.3 Å². The highest BCUT2D eigenvalue weighted by Gasteiger charge is 2.21. The minimum absolute atomic E-state index is 0.172. The molecule has 148 valence electrons. The van der Waals surface area contributed by atoms with Gasteiger partial charge in [-0.1, -0.05) is 44.5 Å². The van der Waals surface area contributed by atoms with Crippen LogP contribution < -0.4 is 10.6 Å². The van der Waals surface area contributed by atoms with Crippen LogP contribution in [0.1, 0.15) is 36.7 Å². The van der Waals surface area contributed by atoms with Gasteiger partial charge in [-0.2, -0.15) is 0 Å². The van der Waals surface area contributed by atoms with Crippen molar-refractivity contribution in [1.29, 1.82) is 0 Å². The van der Waals surface area contributed by atoms with Gasteiger partial charge in [-0.3, -0.25) is 9.59 Å². The summed E-state index contributed by atoms with van der Waals surface area (Å²) in [6.45, 7) is 6.72. The van der Waals surface area contributed by atoms with Gasteiger partial charge in [-0.05, 0) is 42.8 Å². The van der Waals surface area contributed by atoms with E-state index in [2.05, 4.69) is 10.6 Å². The molecule has 6 nitrogen and oxygen atoms in total. The Bertz CT molecular complexity index is 904. The standard InChI is InChI=1S/C21H23ClN2O4/c1-13-16(22)9-6-10-17(13)24-18(25)12-28-19(26)14-7-5-8-15(11-14)23-20(27)21(2,3)4/h5-11H,12H2,1-4H3,(H,23,27)(H,24,25). The van der Waals surface area contributed by atoms with Gasteiger partial charge < -0.3 is 15.4 Å². The van der Waals surface area contributed by atoms with Crippen LogP contribution >= 0.6 is 11.6 Å². The normalized spacial score (nSPS) is 10.9. The highest BCUT2D eigenvalue weighted by Crippen LogP contribution is 2.23. The minimum atomic E-state index is -0.662. The van der Waals surface area contributed by atoms with E-state index in [1.165, 1.54) is 6.07 Å². The summed E-state index contributed by atoms with van der Waals surface area (Å²) in [5.74, 6) is -1.31. The molecule has 0 fully saturated rings. The molecular formula is C21H23ClN2O4. The monoisotopic (exact) mass is 402 g/mol. The average Bonchev–Trinajstić information content (AvgIpc) is 2.63. The summed E-state index contributed by atoms with van der Waals surface area (Å²) in [7, 11) is 0. The maximum atomic E-state index is 12.2. The number of carbonyl (C=O) groups is 3. The van der Waals surface area contributed by atoms with Crippen LogP contribution in [0.5, 0.6) is 0 Å². The molecule has 2 aromatic rings. The molecule has 2 aromatic carbocycles. The molecule has 0 spiro atoms. The smallest absolute Gasteiger partial charge is 0.338 e. The third-order valence-electron chi connectivity index (χ3n) is 3.91. The summed E-state index contributed by atoms with van der Waals surface area (Å²) in [4.78, 5) is 36.3. The Hall–Kier alpha value is -2.86. The van der Waals surface area contributed by atoms with Crippen molar-refractivity contribution in [2.75, 3.05) is 17.2 Å². The number of hydrogen-bond acceptors (Lipinski definition) is 4. The molecule has 0 unspecified atom stereocenters. The molecule has 0 aliphatic rings. The zero-order valence-electron chi connectivity index (χ0n) is 16.3. The number of anilines is 2. The lowest BCUT2D eigenvalue weighted by Crippen LogP contribution is -2.27. The summed E-state index contributed by atoms with van der Waals surface area (Å²) in [5.41, 5.74) is 1.44. The largest absolute Gasteiger partial charge is 0.452 e. The Balaban J connectivity index is 1.96. The number of amides is 2. The molecule has 0 saturated heterocycles. The topological polar surface area (TPSA) is 84.5 Å². The molecule has 28 heavy (non-hydrogen) atoms. The van der Waals surface area contributed by atoms with Crippen molar-refractivity contribution >= 4 is 40.8 Å². The fraction of sp³-hybridized carbons (Fsp3) is 0.286. The first kappa shape index (κ1) is 21.4. The number of hydrogen-bond donors (Lipinski definition) is 2.